The number of hydrogen-bond donors (Lipinski definition) is 0. The number of hydrogen-bond acceptors (Lipinski definition) is 3. The van der Waals surface area contributed by atoms with Gasteiger partial charge in [-0.1, -0.05) is 18.7 Å². The summed E-state index contributed by atoms with van der Waals surface area (Å²) in [6.45, 7) is 6.74. The van der Waals surface area contributed by atoms with Gasteiger partial charge in [0.25, 0.3) is 0 Å². The molecule has 0 amide bonds. The van der Waals surface area contributed by atoms with Crippen molar-refractivity contribution in [3.63, 3.8) is 0 Å². The van der Waals surface area contributed by atoms with Crippen molar-refractivity contribution in [1.82, 2.24) is 0 Å². The molecular formula is C20H22Br2O2S. The van der Waals surface area contributed by atoms with Gasteiger partial charge in [0.1, 0.15) is 18.1 Å². The fraction of sp³-hybridized carbons (Fsp3) is 0.300. The van der Waals surface area contributed by atoms with E-state index in [9.17, 15) is 0 Å². The Bertz CT molecular complexity index is 708. The summed E-state index contributed by atoms with van der Waals surface area (Å²) in [6.07, 6.45) is 3.06. The van der Waals surface area contributed by atoms with Crippen molar-refractivity contribution in [2.75, 3.05) is 6.61 Å². The maximum atomic E-state index is 5.83. The average Bonchev–Trinajstić information content (AvgIpc) is 2.57. The number of aryl methyl sites for hydroxylation is 1. The molecule has 0 saturated heterocycles. The second-order valence-electron chi connectivity index (χ2n) is 5.67. The lowest BCUT2D eigenvalue weighted by molar-refractivity contribution is 0.242. The van der Waals surface area contributed by atoms with Gasteiger partial charge in [0.2, 0.25) is 0 Å². The monoisotopic (exact) mass is 484 g/mol. The third kappa shape index (κ3) is 7.08. The van der Waals surface area contributed by atoms with Gasteiger partial charge in [-0.3, -0.25) is 0 Å². The van der Waals surface area contributed by atoms with Crippen molar-refractivity contribution in [2.24, 2.45) is 0 Å². The topological polar surface area (TPSA) is 18.5 Å². The van der Waals surface area contributed by atoms with Gasteiger partial charge in [-0.25, -0.2) is 0 Å². The highest BCUT2D eigenvalue weighted by Crippen LogP contribution is 2.32. The summed E-state index contributed by atoms with van der Waals surface area (Å²) in [6, 6.07) is 14.6. The molecule has 0 atom stereocenters. The third-order valence-corrected chi connectivity index (χ3v) is 4.97. The molecular weight excluding hydrogens is 464 g/mol. The van der Waals surface area contributed by atoms with Crippen LogP contribution in [0.2, 0.25) is 0 Å². The second-order valence-corrected chi connectivity index (χ2v) is 9.59. The first-order valence-electron chi connectivity index (χ1n) is 8.19. The van der Waals surface area contributed by atoms with Crippen LogP contribution in [-0.4, -0.2) is 12.7 Å². The maximum absolute atomic E-state index is 5.83. The van der Waals surface area contributed by atoms with Gasteiger partial charge in [-0.05, 0) is 106 Å². The number of benzene rings is 2. The molecule has 0 aliphatic carbocycles. The Morgan fingerprint density at radius 1 is 1.08 bits per heavy atom. The Morgan fingerprint density at radius 3 is 2.36 bits per heavy atom. The highest BCUT2D eigenvalue weighted by molar-refractivity contribution is 9.28. The molecule has 25 heavy (non-hydrogen) atoms. The predicted molar refractivity (Wildman–Crippen MR) is 114 cm³/mol. The minimum Gasteiger partial charge on any atom is -0.491 e. The first-order chi connectivity index (χ1) is 12.0. The molecule has 0 aliphatic rings. The largest absolute Gasteiger partial charge is 0.491 e. The van der Waals surface area contributed by atoms with Crippen LogP contribution in [0.3, 0.4) is 0 Å². The molecule has 0 spiro atoms. The van der Waals surface area contributed by atoms with Crippen LogP contribution in [-0.2, 0) is 6.42 Å². The maximum Gasteiger partial charge on any atom is 0.123 e. The van der Waals surface area contributed by atoms with Gasteiger partial charge in [0.05, 0.1) is 9.50 Å². The van der Waals surface area contributed by atoms with E-state index in [1.807, 2.05) is 38.1 Å². The van der Waals surface area contributed by atoms with Gasteiger partial charge >= 0.3 is 0 Å². The van der Waals surface area contributed by atoms with E-state index >= 15 is 0 Å². The average molecular weight is 486 g/mol. The van der Waals surface area contributed by atoms with E-state index < -0.39 is 0 Å². The number of ether oxygens (including phenoxy) is 2. The molecule has 2 aromatic carbocycles. The highest BCUT2D eigenvalue weighted by Gasteiger charge is 2.06. The molecule has 0 fully saturated rings. The minimum atomic E-state index is 0.193. The fourth-order valence-electron chi connectivity index (χ4n) is 2.23. The quantitative estimate of drug-likeness (QED) is 0.393. The Kier molecular flexibility index (Phi) is 8.40. The summed E-state index contributed by atoms with van der Waals surface area (Å²) in [5.41, 5.74) is 1.21. The zero-order chi connectivity index (χ0) is 18.2. The van der Waals surface area contributed by atoms with Crippen LogP contribution < -0.4 is 9.47 Å². The molecule has 2 rings (SSSR count). The van der Waals surface area contributed by atoms with Crippen molar-refractivity contribution < 1.29 is 9.47 Å². The smallest absolute Gasteiger partial charge is 0.123 e. The van der Waals surface area contributed by atoms with Crippen LogP contribution >= 0.6 is 43.6 Å². The molecule has 0 aromatic heterocycles. The van der Waals surface area contributed by atoms with Crippen molar-refractivity contribution in [3.8, 4) is 11.5 Å². The molecule has 5 heteroatoms. The summed E-state index contributed by atoms with van der Waals surface area (Å²) >= 11 is 8.42. The van der Waals surface area contributed by atoms with Crippen molar-refractivity contribution >= 4 is 43.6 Å². The Hall–Kier alpha value is -0.910. The Balaban J connectivity index is 2.05. The standard InChI is InChI=1S/C20H22Br2O2S/c1-4-15-13-18(9-10-19(15)23-12-11-20(21)22)25-17-7-5-16(6-8-17)24-14(2)3/h5-11,13-14H,4,12H2,1-3H3. The predicted octanol–water partition coefficient (Wildman–Crippen LogP) is 7.20. The van der Waals surface area contributed by atoms with Gasteiger partial charge in [0, 0.05) is 9.79 Å². The zero-order valence-electron chi connectivity index (χ0n) is 14.6. The van der Waals surface area contributed by atoms with E-state index in [-0.39, 0.29) is 6.10 Å². The Morgan fingerprint density at radius 2 is 1.76 bits per heavy atom. The Labute approximate surface area is 171 Å². The summed E-state index contributed by atoms with van der Waals surface area (Å²) in [7, 11) is 0. The molecule has 0 unspecified atom stereocenters. The molecule has 0 N–H and O–H groups in total. The molecule has 2 aromatic rings. The summed E-state index contributed by atoms with van der Waals surface area (Å²) in [5.74, 6) is 1.84. The van der Waals surface area contributed by atoms with Crippen LogP contribution in [0.25, 0.3) is 0 Å². The molecule has 0 bridgehead atoms. The van der Waals surface area contributed by atoms with Crippen LogP contribution in [0.5, 0.6) is 11.5 Å². The normalized spacial score (nSPS) is 10.6. The van der Waals surface area contributed by atoms with Crippen molar-refractivity contribution in [3.05, 3.63) is 57.5 Å². The number of halogens is 2. The molecule has 0 heterocycles. The van der Waals surface area contributed by atoms with E-state index in [1.54, 1.807) is 11.8 Å². The lowest BCUT2D eigenvalue weighted by Crippen LogP contribution is -2.04. The van der Waals surface area contributed by atoms with Crippen LogP contribution in [0.1, 0.15) is 26.3 Å². The van der Waals surface area contributed by atoms with E-state index in [1.165, 1.54) is 15.4 Å². The molecule has 0 radical (unpaired) electrons. The highest BCUT2D eigenvalue weighted by atomic mass is 79.9. The SMILES string of the molecule is CCc1cc(Sc2ccc(OC(C)C)cc2)ccc1OCC=C(Br)Br. The lowest BCUT2D eigenvalue weighted by Gasteiger charge is -2.12. The van der Waals surface area contributed by atoms with Crippen LogP contribution in [0.15, 0.2) is 61.7 Å². The minimum absolute atomic E-state index is 0.193. The van der Waals surface area contributed by atoms with Crippen LogP contribution in [0, 0.1) is 0 Å². The molecule has 134 valence electrons. The summed E-state index contributed by atoms with van der Waals surface area (Å²) in [5, 5.41) is 0. The first-order valence-corrected chi connectivity index (χ1v) is 10.6. The van der Waals surface area contributed by atoms with Gasteiger partial charge < -0.3 is 9.47 Å². The van der Waals surface area contributed by atoms with Gasteiger partial charge in [-0.2, -0.15) is 0 Å². The summed E-state index contributed by atoms with van der Waals surface area (Å²) in [4.78, 5) is 2.40. The molecule has 0 saturated carbocycles. The first kappa shape index (κ1) is 20.4. The van der Waals surface area contributed by atoms with Gasteiger partial charge in [0.15, 0.2) is 0 Å². The molecule has 2 nitrogen and oxygen atoms in total. The lowest BCUT2D eigenvalue weighted by atomic mass is 10.1. The van der Waals surface area contributed by atoms with Crippen LogP contribution in [0.4, 0.5) is 0 Å². The van der Waals surface area contributed by atoms with E-state index in [0.717, 1.165) is 21.3 Å². The van der Waals surface area contributed by atoms with Crippen molar-refractivity contribution in [2.45, 2.75) is 43.1 Å². The molecule has 0 aliphatic heterocycles. The second kappa shape index (κ2) is 10.3. The third-order valence-electron chi connectivity index (χ3n) is 3.32. The van der Waals surface area contributed by atoms with E-state index in [2.05, 4.69) is 63.0 Å². The summed E-state index contributed by atoms with van der Waals surface area (Å²) < 4.78 is 12.4. The zero-order valence-corrected chi connectivity index (χ0v) is 18.6. The fourth-order valence-corrected chi connectivity index (χ4v) is 3.37. The van der Waals surface area contributed by atoms with E-state index in [4.69, 9.17) is 9.47 Å². The van der Waals surface area contributed by atoms with Gasteiger partial charge in [-0.15, -0.1) is 0 Å². The number of rotatable bonds is 8. The van der Waals surface area contributed by atoms with Crippen molar-refractivity contribution in [1.29, 1.82) is 0 Å². The van der Waals surface area contributed by atoms with E-state index in [0.29, 0.717) is 6.61 Å².